The number of methoxy groups -OCH3 is 2. The van der Waals surface area contributed by atoms with Crippen LogP contribution in [0.2, 0.25) is 0 Å². The molecule has 0 radical (unpaired) electrons. The topological polar surface area (TPSA) is 89.0 Å². The van der Waals surface area contributed by atoms with Gasteiger partial charge in [-0.1, -0.05) is 0 Å². The lowest BCUT2D eigenvalue weighted by Crippen LogP contribution is -2.49. The van der Waals surface area contributed by atoms with Crippen molar-refractivity contribution in [2.24, 2.45) is 0 Å². The van der Waals surface area contributed by atoms with E-state index in [4.69, 9.17) is 9.47 Å². The van der Waals surface area contributed by atoms with Crippen LogP contribution in [0, 0.1) is 0 Å². The maximum atomic E-state index is 13.1. The van der Waals surface area contributed by atoms with E-state index in [9.17, 15) is 14.4 Å². The number of piperidine rings is 1. The second-order valence-electron chi connectivity index (χ2n) is 6.50. The number of ether oxygens (including phenoxy) is 2. The summed E-state index contributed by atoms with van der Waals surface area (Å²) in [5.74, 6) is -0.580. The van der Waals surface area contributed by atoms with Crippen LogP contribution in [0.25, 0.3) is 0 Å². The first kappa shape index (κ1) is 18.2. The molecule has 0 aromatic carbocycles. The predicted molar refractivity (Wildman–Crippen MR) is 91.4 cm³/mol. The molecule has 26 heavy (non-hydrogen) atoms. The Morgan fingerprint density at radius 3 is 2.65 bits per heavy atom. The Morgan fingerprint density at radius 1 is 1.12 bits per heavy atom. The molecule has 2 aliphatic heterocycles. The molecular weight excluding hydrogens is 338 g/mol. The van der Waals surface area contributed by atoms with Gasteiger partial charge in [-0.25, -0.2) is 9.59 Å². The number of esters is 1. The third-order valence-electron chi connectivity index (χ3n) is 5.04. The van der Waals surface area contributed by atoms with Crippen molar-refractivity contribution in [2.45, 2.75) is 38.3 Å². The summed E-state index contributed by atoms with van der Waals surface area (Å²) in [6, 6.07) is -0.549. The highest BCUT2D eigenvalue weighted by Crippen LogP contribution is 2.26. The average Bonchev–Trinajstić information content (AvgIpc) is 2.71. The fourth-order valence-corrected chi connectivity index (χ4v) is 3.67. The summed E-state index contributed by atoms with van der Waals surface area (Å²) in [4.78, 5) is 44.3. The van der Waals surface area contributed by atoms with Gasteiger partial charge in [0.25, 0.3) is 5.91 Å². The second-order valence-corrected chi connectivity index (χ2v) is 6.50. The van der Waals surface area contributed by atoms with Crippen LogP contribution in [0.4, 0.5) is 4.79 Å². The van der Waals surface area contributed by atoms with Gasteiger partial charge < -0.3 is 19.3 Å². The molecule has 2 aliphatic rings. The summed E-state index contributed by atoms with van der Waals surface area (Å²) in [5.41, 5.74) is 2.22. The zero-order valence-corrected chi connectivity index (χ0v) is 15.1. The van der Waals surface area contributed by atoms with E-state index in [1.165, 1.54) is 14.2 Å². The van der Waals surface area contributed by atoms with Crippen molar-refractivity contribution >= 4 is 18.0 Å². The van der Waals surface area contributed by atoms with Gasteiger partial charge in [-0.3, -0.25) is 9.78 Å². The van der Waals surface area contributed by atoms with Gasteiger partial charge >= 0.3 is 12.1 Å². The van der Waals surface area contributed by atoms with E-state index >= 15 is 0 Å². The molecule has 3 heterocycles. The third kappa shape index (κ3) is 3.36. The number of aromatic nitrogens is 1. The SMILES string of the molecule is COC(=O)C1CCCCN1C(=O)c1cncc2c1CCN(C(=O)OC)C2. The van der Waals surface area contributed by atoms with Crippen molar-refractivity contribution in [3.8, 4) is 0 Å². The summed E-state index contributed by atoms with van der Waals surface area (Å²) in [6.45, 7) is 1.36. The van der Waals surface area contributed by atoms with E-state index in [2.05, 4.69) is 4.98 Å². The van der Waals surface area contributed by atoms with Crippen LogP contribution in [0.1, 0.15) is 40.7 Å². The molecule has 1 atom stereocenters. The maximum Gasteiger partial charge on any atom is 0.409 e. The van der Waals surface area contributed by atoms with Crippen LogP contribution >= 0.6 is 0 Å². The number of hydrogen-bond acceptors (Lipinski definition) is 6. The highest BCUT2D eigenvalue weighted by atomic mass is 16.5. The van der Waals surface area contributed by atoms with Crippen molar-refractivity contribution in [3.63, 3.8) is 0 Å². The normalized spacial score (nSPS) is 19.5. The zero-order chi connectivity index (χ0) is 18.7. The molecule has 0 saturated carbocycles. The Labute approximate surface area is 152 Å². The van der Waals surface area contributed by atoms with E-state index in [1.807, 2.05) is 0 Å². The van der Waals surface area contributed by atoms with E-state index in [0.29, 0.717) is 38.0 Å². The summed E-state index contributed by atoms with van der Waals surface area (Å²) >= 11 is 0. The largest absolute Gasteiger partial charge is 0.467 e. The monoisotopic (exact) mass is 361 g/mol. The highest BCUT2D eigenvalue weighted by molar-refractivity contribution is 5.98. The molecule has 2 amide bonds. The number of carbonyl (C=O) groups is 3. The molecule has 8 heteroatoms. The Hall–Kier alpha value is -2.64. The molecule has 0 aliphatic carbocycles. The average molecular weight is 361 g/mol. The molecule has 1 fully saturated rings. The number of rotatable bonds is 2. The van der Waals surface area contributed by atoms with Crippen LogP contribution in [0.15, 0.2) is 12.4 Å². The third-order valence-corrected chi connectivity index (χ3v) is 5.04. The van der Waals surface area contributed by atoms with E-state index in [0.717, 1.165) is 24.0 Å². The quantitative estimate of drug-likeness (QED) is 0.739. The zero-order valence-electron chi connectivity index (χ0n) is 15.1. The Morgan fingerprint density at radius 2 is 1.92 bits per heavy atom. The van der Waals surface area contributed by atoms with Crippen LogP contribution in [-0.4, -0.2) is 66.1 Å². The lowest BCUT2D eigenvalue weighted by atomic mass is 9.94. The van der Waals surface area contributed by atoms with Crippen molar-refractivity contribution in [3.05, 3.63) is 29.1 Å². The van der Waals surface area contributed by atoms with E-state index in [1.54, 1.807) is 22.2 Å². The fraction of sp³-hybridized carbons (Fsp3) is 0.556. The van der Waals surface area contributed by atoms with Gasteiger partial charge in [0.1, 0.15) is 6.04 Å². The van der Waals surface area contributed by atoms with Gasteiger partial charge in [-0.15, -0.1) is 0 Å². The minimum Gasteiger partial charge on any atom is -0.467 e. The lowest BCUT2D eigenvalue weighted by molar-refractivity contribution is -0.147. The number of pyridine rings is 1. The van der Waals surface area contributed by atoms with Crippen LogP contribution in [0.5, 0.6) is 0 Å². The van der Waals surface area contributed by atoms with E-state index < -0.39 is 12.1 Å². The molecule has 3 rings (SSSR count). The van der Waals surface area contributed by atoms with Crippen LogP contribution in [-0.2, 0) is 27.2 Å². The van der Waals surface area contributed by atoms with Gasteiger partial charge in [0, 0.05) is 25.5 Å². The van der Waals surface area contributed by atoms with Crippen molar-refractivity contribution in [2.75, 3.05) is 27.3 Å². The Kier molecular flexibility index (Phi) is 5.39. The first-order chi connectivity index (χ1) is 12.6. The second kappa shape index (κ2) is 7.72. The molecule has 8 nitrogen and oxygen atoms in total. The highest BCUT2D eigenvalue weighted by Gasteiger charge is 2.35. The summed E-state index contributed by atoms with van der Waals surface area (Å²) in [5, 5.41) is 0. The maximum absolute atomic E-state index is 13.1. The molecule has 1 saturated heterocycles. The lowest BCUT2D eigenvalue weighted by Gasteiger charge is -2.35. The molecular formula is C18H23N3O5. The van der Waals surface area contributed by atoms with Gasteiger partial charge in [0.05, 0.1) is 26.3 Å². The number of likely N-dealkylation sites (tertiary alicyclic amines) is 1. The molecule has 140 valence electrons. The van der Waals surface area contributed by atoms with Crippen molar-refractivity contribution in [1.29, 1.82) is 0 Å². The number of amides is 2. The summed E-state index contributed by atoms with van der Waals surface area (Å²) in [6.07, 6.45) is 5.74. The van der Waals surface area contributed by atoms with Crippen LogP contribution < -0.4 is 0 Å². The molecule has 0 spiro atoms. The predicted octanol–water partition coefficient (Wildman–Crippen LogP) is 1.37. The van der Waals surface area contributed by atoms with Crippen LogP contribution in [0.3, 0.4) is 0 Å². The first-order valence-electron chi connectivity index (χ1n) is 8.74. The smallest absolute Gasteiger partial charge is 0.409 e. The minimum atomic E-state index is -0.549. The fourth-order valence-electron chi connectivity index (χ4n) is 3.67. The Balaban J connectivity index is 1.87. The minimum absolute atomic E-state index is 0.198. The van der Waals surface area contributed by atoms with Gasteiger partial charge in [-0.2, -0.15) is 0 Å². The van der Waals surface area contributed by atoms with Gasteiger partial charge in [-0.05, 0) is 36.8 Å². The number of hydrogen-bond donors (Lipinski definition) is 0. The molecule has 1 aromatic rings. The number of fused-ring (bicyclic) bond motifs is 1. The van der Waals surface area contributed by atoms with Crippen molar-refractivity contribution in [1.82, 2.24) is 14.8 Å². The standard InChI is InChI=1S/C18H23N3O5/c1-25-17(23)15-5-3-4-7-21(15)16(22)14-10-19-9-12-11-20(18(24)26-2)8-6-13(12)14/h9-10,15H,3-8,11H2,1-2H3. The number of nitrogens with zero attached hydrogens (tertiary/aromatic N) is 3. The first-order valence-corrected chi connectivity index (χ1v) is 8.74. The molecule has 1 unspecified atom stereocenters. The Bertz CT molecular complexity index is 721. The van der Waals surface area contributed by atoms with E-state index in [-0.39, 0.29) is 11.9 Å². The van der Waals surface area contributed by atoms with Crippen molar-refractivity contribution < 1.29 is 23.9 Å². The molecule has 0 N–H and O–H groups in total. The number of carbonyl (C=O) groups excluding carboxylic acids is 3. The molecule has 0 bridgehead atoms. The summed E-state index contributed by atoms with van der Waals surface area (Å²) < 4.78 is 9.64. The molecule has 1 aromatic heterocycles. The van der Waals surface area contributed by atoms with Gasteiger partial charge in [0.2, 0.25) is 0 Å². The van der Waals surface area contributed by atoms with Gasteiger partial charge in [0.15, 0.2) is 0 Å². The summed E-state index contributed by atoms with van der Waals surface area (Å²) in [7, 11) is 2.69.